The van der Waals surface area contributed by atoms with E-state index < -0.39 is 0 Å². The van der Waals surface area contributed by atoms with Crippen molar-refractivity contribution in [1.82, 2.24) is 9.97 Å². The smallest absolute Gasteiger partial charge is 0.132 e. The van der Waals surface area contributed by atoms with Crippen LogP contribution >= 0.6 is 0 Å². The topological polar surface area (TPSA) is 55.0 Å². The Labute approximate surface area is 96.9 Å². The lowest BCUT2D eigenvalue weighted by atomic mass is 9.97. The highest BCUT2D eigenvalue weighted by Crippen LogP contribution is 2.21. The molecule has 0 radical (unpaired) electrons. The van der Waals surface area contributed by atoms with Gasteiger partial charge < -0.3 is 10.6 Å². The molecule has 16 heavy (non-hydrogen) atoms. The zero-order chi connectivity index (χ0) is 11.4. The molecular formula is C12H20N4. The molecule has 0 unspecified atom stereocenters. The van der Waals surface area contributed by atoms with Crippen molar-refractivity contribution in [3.8, 4) is 0 Å². The molecule has 1 aromatic heterocycles. The Hall–Kier alpha value is -1.16. The van der Waals surface area contributed by atoms with E-state index >= 15 is 0 Å². The van der Waals surface area contributed by atoms with E-state index in [0.717, 1.165) is 37.6 Å². The normalized spacial score (nSPS) is 17.8. The molecule has 0 aromatic carbocycles. The van der Waals surface area contributed by atoms with Crippen LogP contribution < -0.4 is 10.6 Å². The van der Waals surface area contributed by atoms with Gasteiger partial charge in [-0.1, -0.05) is 6.92 Å². The van der Waals surface area contributed by atoms with E-state index in [9.17, 15) is 0 Å². The Bertz CT molecular complexity index is 332. The van der Waals surface area contributed by atoms with Crippen molar-refractivity contribution >= 4 is 5.82 Å². The van der Waals surface area contributed by atoms with Gasteiger partial charge in [0.05, 0.1) is 0 Å². The molecule has 2 N–H and O–H groups in total. The lowest BCUT2D eigenvalue weighted by molar-refractivity contribution is 0.413. The monoisotopic (exact) mass is 220 g/mol. The van der Waals surface area contributed by atoms with Crippen LogP contribution in [-0.2, 0) is 6.42 Å². The van der Waals surface area contributed by atoms with Crippen molar-refractivity contribution in [2.75, 3.05) is 24.5 Å². The Morgan fingerprint density at radius 2 is 2.12 bits per heavy atom. The van der Waals surface area contributed by atoms with Crippen LogP contribution in [0.4, 0.5) is 5.82 Å². The molecule has 0 saturated carbocycles. The number of piperidine rings is 1. The molecule has 2 heterocycles. The number of aromatic nitrogens is 2. The Morgan fingerprint density at radius 3 is 2.75 bits per heavy atom. The number of hydrogen-bond donors (Lipinski definition) is 1. The van der Waals surface area contributed by atoms with E-state index in [2.05, 4.69) is 27.9 Å². The number of nitrogens with zero attached hydrogens (tertiary/aromatic N) is 3. The number of nitrogens with two attached hydrogens (primary N) is 1. The van der Waals surface area contributed by atoms with E-state index in [-0.39, 0.29) is 0 Å². The van der Waals surface area contributed by atoms with Gasteiger partial charge in [-0.2, -0.15) is 0 Å². The third kappa shape index (κ3) is 2.50. The Morgan fingerprint density at radius 1 is 1.38 bits per heavy atom. The molecule has 1 fully saturated rings. The van der Waals surface area contributed by atoms with Crippen LogP contribution in [0.3, 0.4) is 0 Å². The summed E-state index contributed by atoms with van der Waals surface area (Å²) < 4.78 is 0. The quantitative estimate of drug-likeness (QED) is 0.832. The second kappa shape index (κ2) is 5.25. The summed E-state index contributed by atoms with van der Waals surface area (Å²) in [6.45, 7) is 5.08. The molecule has 0 atom stereocenters. The summed E-state index contributed by atoms with van der Waals surface area (Å²) in [4.78, 5) is 10.9. The van der Waals surface area contributed by atoms with Gasteiger partial charge in [-0.25, -0.2) is 9.97 Å². The molecular weight excluding hydrogens is 200 g/mol. The van der Waals surface area contributed by atoms with Crippen molar-refractivity contribution in [3.05, 3.63) is 18.1 Å². The molecule has 4 heteroatoms. The van der Waals surface area contributed by atoms with Gasteiger partial charge in [-0.15, -0.1) is 0 Å². The van der Waals surface area contributed by atoms with Crippen LogP contribution in [0.5, 0.6) is 0 Å². The zero-order valence-corrected chi connectivity index (χ0v) is 9.89. The van der Waals surface area contributed by atoms with Gasteiger partial charge in [-0.3, -0.25) is 0 Å². The molecule has 0 spiro atoms. The van der Waals surface area contributed by atoms with E-state index in [4.69, 9.17) is 5.73 Å². The molecule has 4 nitrogen and oxygen atoms in total. The zero-order valence-electron chi connectivity index (χ0n) is 9.89. The fraction of sp³-hybridized carbons (Fsp3) is 0.667. The molecule has 0 amide bonds. The number of anilines is 1. The first-order valence-corrected chi connectivity index (χ1v) is 6.09. The van der Waals surface area contributed by atoms with Gasteiger partial charge in [0.25, 0.3) is 0 Å². The number of hydrogen-bond acceptors (Lipinski definition) is 4. The molecule has 1 aliphatic rings. The predicted molar refractivity (Wildman–Crippen MR) is 65.4 cm³/mol. The van der Waals surface area contributed by atoms with Crippen LogP contribution in [0, 0.1) is 5.92 Å². The van der Waals surface area contributed by atoms with Crippen LogP contribution in [0.2, 0.25) is 0 Å². The molecule has 1 aromatic rings. The highest BCUT2D eigenvalue weighted by Gasteiger charge is 2.18. The molecule has 88 valence electrons. The second-order valence-electron chi connectivity index (χ2n) is 4.39. The van der Waals surface area contributed by atoms with Crippen LogP contribution in [0.15, 0.2) is 12.4 Å². The van der Waals surface area contributed by atoms with E-state index in [1.165, 1.54) is 12.8 Å². The average Bonchev–Trinajstić information content (AvgIpc) is 2.39. The van der Waals surface area contributed by atoms with Gasteiger partial charge in [0, 0.05) is 24.8 Å². The highest BCUT2D eigenvalue weighted by molar-refractivity contribution is 5.39. The van der Waals surface area contributed by atoms with Crippen molar-refractivity contribution in [2.45, 2.75) is 26.2 Å². The third-order valence-corrected chi connectivity index (χ3v) is 3.34. The van der Waals surface area contributed by atoms with Gasteiger partial charge >= 0.3 is 0 Å². The average molecular weight is 220 g/mol. The van der Waals surface area contributed by atoms with Gasteiger partial charge in [0.2, 0.25) is 0 Å². The number of rotatable bonds is 3. The first-order chi connectivity index (χ1) is 7.83. The van der Waals surface area contributed by atoms with E-state index in [1.807, 2.05) is 0 Å². The van der Waals surface area contributed by atoms with Crippen LogP contribution in [-0.4, -0.2) is 29.6 Å². The summed E-state index contributed by atoms with van der Waals surface area (Å²) in [7, 11) is 0. The Balaban J connectivity index is 2.02. The van der Waals surface area contributed by atoms with E-state index in [1.54, 1.807) is 6.33 Å². The summed E-state index contributed by atoms with van der Waals surface area (Å²) in [5.74, 6) is 1.77. The fourth-order valence-corrected chi connectivity index (χ4v) is 2.15. The minimum atomic E-state index is 0.698. The van der Waals surface area contributed by atoms with E-state index in [0.29, 0.717) is 5.92 Å². The minimum Gasteiger partial charge on any atom is -0.356 e. The SMILES string of the molecule is CCc1cc(N2CCC(CN)CC2)ncn1. The maximum absolute atomic E-state index is 5.69. The summed E-state index contributed by atoms with van der Waals surface area (Å²) in [5, 5.41) is 0. The fourth-order valence-electron chi connectivity index (χ4n) is 2.15. The second-order valence-corrected chi connectivity index (χ2v) is 4.39. The number of aryl methyl sites for hydroxylation is 1. The molecule has 2 rings (SSSR count). The predicted octanol–water partition coefficient (Wildman–Crippen LogP) is 1.21. The van der Waals surface area contributed by atoms with Crippen LogP contribution in [0.1, 0.15) is 25.5 Å². The van der Waals surface area contributed by atoms with Crippen molar-refractivity contribution in [3.63, 3.8) is 0 Å². The highest BCUT2D eigenvalue weighted by atomic mass is 15.2. The first kappa shape index (κ1) is 11.3. The lowest BCUT2D eigenvalue weighted by Crippen LogP contribution is -2.36. The van der Waals surface area contributed by atoms with Gasteiger partial charge in [-0.05, 0) is 31.7 Å². The van der Waals surface area contributed by atoms with Crippen molar-refractivity contribution < 1.29 is 0 Å². The Kier molecular flexibility index (Phi) is 3.72. The largest absolute Gasteiger partial charge is 0.356 e. The summed E-state index contributed by atoms with van der Waals surface area (Å²) >= 11 is 0. The lowest BCUT2D eigenvalue weighted by Gasteiger charge is -2.32. The molecule has 1 saturated heterocycles. The maximum atomic E-state index is 5.69. The standard InChI is InChI=1S/C12H20N4/c1-2-11-7-12(15-9-14-11)16-5-3-10(8-13)4-6-16/h7,9-10H,2-6,8,13H2,1H3. The van der Waals surface area contributed by atoms with Gasteiger partial charge in [0.15, 0.2) is 0 Å². The van der Waals surface area contributed by atoms with Gasteiger partial charge in [0.1, 0.15) is 12.1 Å². The summed E-state index contributed by atoms with van der Waals surface area (Å²) in [6.07, 6.45) is 5.00. The summed E-state index contributed by atoms with van der Waals surface area (Å²) in [5.41, 5.74) is 6.81. The molecule has 0 bridgehead atoms. The third-order valence-electron chi connectivity index (χ3n) is 3.34. The van der Waals surface area contributed by atoms with Crippen LogP contribution in [0.25, 0.3) is 0 Å². The first-order valence-electron chi connectivity index (χ1n) is 6.09. The summed E-state index contributed by atoms with van der Waals surface area (Å²) in [6, 6.07) is 2.10. The molecule has 1 aliphatic heterocycles. The minimum absolute atomic E-state index is 0.698. The van der Waals surface area contributed by atoms with Crippen molar-refractivity contribution in [2.24, 2.45) is 11.7 Å². The van der Waals surface area contributed by atoms with Crippen molar-refractivity contribution in [1.29, 1.82) is 0 Å². The maximum Gasteiger partial charge on any atom is 0.132 e. The molecule has 0 aliphatic carbocycles.